The van der Waals surface area contributed by atoms with Gasteiger partial charge in [0.15, 0.2) is 6.10 Å². The quantitative estimate of drug-likeness (QED) is 0.0211. The maximum Gasteiger partial charge on any atom is 0.472 e. The van der Waals surface area contributed by atoms with Crippen molar-refractivity contribution in [2.24, 2.45) is 0 Å². The van der Waals surface area contributed by atoms with E-state index in [0.29, 0.717) is 17.4 Å². The molecular weight excluding hydrogens is 1120 g/mol. The summed E-state index contributed by atoms with van der Waals surface area (Å²) < 4.78 is 34.7. The minimum atomic E-state index is -4.41. The lowest BCUT2D eigenvalue weighted by molar-refractivity contribution is -0.870. The molecule has 0 aliphatic carbocycles. The predicted molar refractivity (Wildman–Crippen MR) is 385 cm³/mol. The fraction of sp³-hybridized carbons (Fsp3) is 0.772. The molecular formula is C79H143NO8P+. The number of ether oxygens (including phenoxy) is 2. The van der Waals surface area contributed by atoms with E-state index in [0.717, 1.165) is 83.5 Å². The van der Waals surface area contributed by atoms with Crippen molar-refractivity contribution in [1.82, 2.24) is 0 Å². The molecule has 1 N–H and O–H groups in total. The Balaban J connectivity index is 4.01. The third-order valence-corrected chi connectivity index (χ3v) is 17.4. The van der Waals surface area contributed by atoms with Crippen LogP contribution in [-0.4, -0.2) is 74.9 Å². The molecule has 0 amide bonds. The van der Waals surface area contributed by atoms with E-state index in [2.05, 4.69) is 111 Å². The second kappa shape index (κ2) is 69.3. The fourth-order valence-electron chi connectivity index (χ4n) is 10.7. The lowest BCUT2D eigenvalue weighted by Gasteiger charge is -2.24. The summed E-state index contributed by atoms with van der Waals surface area (Å²) in [6.45, 7) is 4.31. The summed E-state index contributed by atoms with van der Waals surface area (Å²) in [6, 6.07) is 0. The van der Waals surface area contributed by atoms with Gasteiger partial charge in [0.2, 0.25) is 0 Å². The number of allylic oxidation sites excluding steroid dienone is 16. The molecule has 0 saturated carbocycles. The monoisotopic (exact) mass is 1270 g/mol. The van der Waals surface area contributed by atoms with Crippen molar-refractivity contribution in [3.8, 4) is 0 Å². The maximum absolute atomic E-state index is 12.9. The number of quaternary nitrogens is 1. The molecule has 9 nitrogen and oxygen atoms in total. The lowest BCUT2D eigenvalue weighted by atomic mass is 10.0. The fourth-order valence-corrected chi connectivity index (χ4v) is 11.4. The topological polar surface area (TPSA) is 108 Å². The van der Waals surface area contributed by atoms with Crippen molar-refractivity contribution in [1.29, 1.82) is 0 Å². The Morgan fingerprint density at radius 1 is 0.360 bits per heavy atom. The number of nitrogens with zero attached hydrogens (tertiary/aromatic N) is 1. The Morgan fingerprint density at radius 2 is 0.640 bits per heavy atom. The van der Waals surface area contributed by atoms with Crippen molar-refractivity contribution in [3.05, 3.63) is 97.2 Å². The van der Waals surface area contributed by atoms with Gasteiger partial charge in [-0.3, -0.25) is 18.6 Å². The van der Waals surface area contributed by atoms with E-state index in [1.54, 1.807) is 0 Å². The van der Waals surface area contributed by atoms with E-state index in [1.807, 2.05) is 21.1 Å². The highest BCUT2D eigenvalue weighted by molar-refractivity contribution is 7.47. The average Bonchev–Trinajstić information content (AvgIpc) is 3.60. The highest BCUT2D eigenvalue weighted by atomic mass is 31.2. The maximum atomic E-state index is 12.9. The standard InChI is InChI=1S/C79H142NO8P/c1-6-8-10-12-14-16-18-20-22-24-26-28-30-32-34-35-36-37-38-39-40-41-42-43-44-46-47-49-51-53-55-57-59-61-63-65-67-69-71-78(81)85-75-77(76-87-89(83,84)86-74-73-80(3,4)5)88-79(82)72-70-68-66-64-62-60-58-56-54-52-50-48-45-33-31-29-27-25-23-21-19-17-15-13-11-9-7-2/h9,11,15,17,21,23,27,29,33,45,50,52,56,58,62,64,77H,6-8,10,12-14,16,18-20,22,24-26,28,30-32,34-44,46-49,51,53-55,57,59-61,63,65-76H2,1-5H3/p+1/b11-9-,17-15-,23-21-,29-27-,45-33-,52-50-,58-56-,64-62-. The molecule has 0 aliphatic rings. The molecule has 0 fully saturated rings. The van der Waals surface area contributed by atoms with Gasteiger partial charge in [-0.25, -0.2) is 4.57 Å². The van der Waals surface area contributed by atoms with Crippen LogP contribution >= 0.6 is 7.82 Å². The molecule has 2 atom stereocenters. The number of hydrogen-bond acceptors (Lipinski definition) is 7. The molecule has 0 aliphatic heterocycles. The average molecular weight is 1270 g/mol. The number of carbonyl (C=O) groups excluding carboxylic acids is 2. The number of likely N-dealkylation sites (N-methyl/N-ethyl adjacent to an activating group) is 1. The van der Waals surface area contributed by atoms with Gasteiger partial charge in [0, 0.05) is 12.8 Å². The third-order valence-electron chi connectivity index (χ3n) is 16.4. The van der Waals surface area contributed by atoms with Crippen LogP contribution < -0.4 is 0 Å². The van der Waals surface area contributed by atoms with Gasteiger partial charge in [0.25, 0.3) is 0 Å². The van der Waals surface area contributed by atoms with Crippen molar-refractivity contribution in [2.75, 3.05) is 47.5 Å². The second-order valence-electron chi connectivity index (χ2n) is 26.3. The first-order chi connectivity index (χ1) is 43.5. The summed E-state index contributed by atoms with van der Waals surface area (Å²) in [7, 11) is 1.45. The number of hydrogen-bond donors (Lipinski definition) is 1. The zero-order valence-electron chi connectivity index (χ0n) is 58.9. The first-order valence-corrected chi connectivity index (χ1v) is 39.0. The first-order valence-electron chi connectivity index (χ1n) is 37.5. The zero-order valence-corrected chi connectivity index (χ0v) is 59.8. The summed E-state index contributed by atoms with van der Waals surface area (Å²) in [5, 5.41) is 0. The minimum absolute atomic E-state index is 0.0194. The number of phosphoric ester groups is 1. The van der Waals surface area contributed by atoms with Crippen LogP contribution in [0.3, 0.4) is 0 Å². The summed E-state index contributed by atoms with van der Waals surface area (Å²) in [5.41, 5.74) is 0. The highest BCUT2D eigenvalue weighted by Gasteiger charge is 2.27. The molecule has 10 heteroatoms. The smallest absolute Gasteiger partial charge is 0.462 e. The van der Waals surface area contributed by atoms with E-state index in [9.17, 15) is 19.0 Å². The minimum Gasteiger partial charge on any atom is -0.462 e. The molecule has 0 bridgehead atoms. The van der Waals surface area contributed by atoms with Gasteiger partial charge in [-0.05, 0) is 77.0 Å². The predicted octanol–water partition coefficient (Wildman–Crippen LogP) is 24.7. The van der Waals surface area contributed by atoms with Gasteiger partial charge in [-0.15, -0.1) is 0 Å². The Bertz CT molecular complexity index is 1820. The SMILES string of the molecule is CC/C=C\C/C=C\C/C=C\C/C=C\C/C=C\C/C=C\C/C=C\C/C=C\CCCCC(=O)OC(COC(=O)CCCCCCCCCCCCCCCCCCCCCCCCCCCCCCCCCCCCCCCC)COP(=O)(O)OCC[N+](C)(C)C. The molecule has 2 unspecified atom stereocenters. The van der Waals surface area contributed by atoms with Crippen LogP contribution in [0, 0.1) is 0 Å². The Hall–Kier alpha value is -3.07. The molecule has 0 aromatic carbocycles. The van der Waals surface area contributed by atoms with E-state index in [1.165, 1.54) is 225 Å². The van der Waals surface area contributed by atoms with Crippen LogP contribution in [0.25, 0.3) is 0 Å². The molecule has 0 saturated heterocycles. The van der Waals surface area contributed by atoms with Crippen molar-refractivity contribution in [2.45, 2.75) is 347 Å². The molecule has 0 rings (SSSR count). The largest absolute Gasteiger partial charge is 0.472 e. The third kappa shape index (κ3) is 73.9. The lowest BCUT2D eigenvalue weighted by Crippen LogP contribution is -2.37. The first kappa shape index (κ1) is 85.9. The summed E-state index contributed by atoms with van der Waals surface area (Å²) in [6.07, 6.45) is 97.0. The number of phosphoric acid groups is 1. The summed E-state index contributed by atoms with van der Waals surface area (Å²) >= 11 is 0. The number of carbonyl (C=O) groups is 2. The second-order valence-corrected chi connectivity index (χ2v) is 27.8. The van der Waals surface area contributed by atoms with Crippen LogP contribution in [0.5, 0.6) is 0 Å². The van der Waals surface area contributed by atoms with Crippen LogP contribution in [0.1, 0.15) is 341 Å². The zero-order chi connectivity index (χ0) is 64.8. The van der Waals surface area contributed by atoms with Crippen molar-refractivity contribution >= 4 is 19.8 Å². The van der Waals surface area contributed by atoms with E-state index in [4.69, 9.17) is 18.5 Å². The van der Waals surface area contributed by atoms with Gasteiger partial charge in [-0.1, -0.05) is 349 Å². The Kier molecular flexibility index (Phi) is 66.9. The van der Waals surface area contributed by atoms with Gasteiger partial charge in [0.05, 0.1) is 27.7 Å². The van der Waals surface area contributed by atoms with Crippen molar-refractivity contribution in [3.63, 3.8) is 0 Å². The van der Waals surface area contributed by atoms with E-state index < -0.39 is 26.5 Å². The number of esters is 2. The summed E-state index contributed by atoms with van der Waals surface area (Å²) in [4.78, 5) is 35.9. The van der Waals surface area contributed by atoms with E-state index >= 15 is 0 Å². The van der Waals surface area contributed by atoms with Crippen LogP contribution in [0.15, 0.2) is 97.2 Å². The molecule has 0 radical (unpaired) electrons. The molecule has 0 spiro atoms. The number of unbranched alkanes of at least 4 members (excludes halogenated alkanes) is 39. The summed E-state index contributed by atoms with van der Waals surface area (Å²) in [5.74, 6) is -0.842. The van der Waals surface area contributed by atoms with Gasteiger partial charge in [-0.2, -0.15) is 0 Å². The van der Waals surface area contributed by atoms with Gasteiger partial charge < -0.3 is 18.9 Å². The molecule has 516 valence electrons. The molecule has 0 aromatic rings. The molecule has 0 aromatic heterocycles. The van der Waals surface area contributed by atoms with Crippen molar-refractivity contribution < 1.29 is 42.1 Å². The number of rotatable bonds is 69. The molecule has 89 heavy (non-hydrogen) atoms. The highest BCUT2D eigenvalue weighted by Crippen LogP contribution is 2.43. The van der Waals surface area contributed by atoms with Crippen LogP contribution in [0.4, 0.5) is 0 Å². The van der Waals surface area contributed by atoms with Gasteiger partial charge in [0.1, 0.15) is 19.8 Å². The Morgan fingerprint density at radius 3 is 0.955 bits per heavy atom. The Labute approximate surface area is 551 Å². The van der Waals surface area contributed by atoms with E-state index in [-0.39, 0.29) is 32.0 Å². The van der Waals surface area contributed by atoms with Crippen LogP contribution in [-0.2, 0) is 32.7 Å². The van der Waals surface area contributed by atoms with Crippen LogP contribution in [0.2, 0.25) is 0 Å². The molecule has 0 heterocycles. The van der Waals surface area contributed by atoms with Gasteiger partial charge >= 0.3 is 19.8 Å². The normalized spacial score (nSPS) is 13.6.